The molecule has 2 fully saturated rings. The molecule has 116 valence electrons. The number of carbonyl (C=O) groups is 1. The number of aryl methyl sites for hydroxylation is 2. The Morgan fingerprint density at radius 2 is 1.90 bits per heavy atom. The van der Waals surface area contributed by atoms with Gasteiger partial charge in [-0.25, -0.2) is 0 Å². The van der Waals surface area contributed by atoms with Gasteiger partial charge in [0.1, 0.15) is 0 Å². The molecule has 0 radical (unpaired) electrons. The maximum atomic E-state index is 12.2. The van der Waals surface area contributed by atoms with E-state index in [9.17, 15) is 4.79 Å². The van der Waals surface area contributed by atoms with Crippen LogP contribution in [0.4, 0.5) is 0 Å². The van der Waals surface area contributed by atoms with E-state index in [4.69, 9.17) is 0 Å². The summed E-state index contributed by atoms with van der Waals surface area (Å²) in [7, 11) is 2.00. The summed E-state index contributed by atoms with van der Waals surface area (Å²) in [6, 6.07) is 0. The van der Waals surface area contributed by atoms with Gasteiger partial charge in [-0.05, 0) is 13.8 Å². The van der Waals surface area contributed by atoms with Crippen molar-refractivity contribution in [1.29, 1.82) is 0 Å². The monoisotopic (exact) mass is 291 g/mol. The van der Waals surface area contributed by atoms with E-state index >= 15 is 0 Å². The number of aromatic nitrogens is 2. The minimum Gasteiger partial charge on any atom is -0.340 e. The molecule has 6 nitrogen and oxygen atoms in total. The van der Waals surface area contributed by atoms with Crippen molar-refractivity contribution >= 4 is 5.91 Å². The highest BCUT2D eigenvalue weighted by Gasteiger charge is 2.31. The van der Waals surface area contributed by atoms with Gasteiger partial charge in [0.25, 0.3) is 0 Å². The molecular formula is C15H25N5O. The van der Waals surface area contributed by atoms with Gasteiger partial charge in [-0.2, -0.15) is 5.10 Å². The molecule has 6 heteroatoms. The van der Waals surface area contributed by atoms with Crippen LogP contribution >= 0.6 is 0 Å². The van der Waals surface area contributed by atoms with Crippen molar-refractivity contribution in [1.82, 2.24) is 24.9 Å². The highest BCUT2D eigenvalue weighted by molar-refractivity contribution is 5.80. The third-order valence-electron chi connectivity index (χ3n) is 4.86. The zero-order valence-corrected chi connectivity index (χ0v) is 13.2. The minimum atomic E-state index is 0.222. The lowest BCUT2D eigenvalue weighted by molar-refractivity contribution is -0.138. The summed E-state index contributed by atoms with van der Waals surface area (Å²) in [6.45, 7) is 10.5. The summed E-state index contributed by atoms with van der Waals surface area (Å²) in [5.74, 6) is 0.557. The lowest BCUT2D eigenvalue weighted by atomic mass is 10.0. The molecule has 0 saturated carbocycles. The van der Waals surface area contributed by atoms with E-state index in [0.29, 0.717) is 5.91 Å². The van der Waals surface area contributed by atoms with Gasteiger partial charge in [-0.3, -0.25) is 14.4 Å². The van der Waals surface area contributed by atoms with Crippen molar-refractivity contribution in [2.45, 2.75) is 20.4 Å². The maximum Gasteiger partial charge on any atom is 0.228 e. The lowest BCUT2D eigenvalue weighted by Gasteiger charge is -2.38. The number of nitrogens with one attached hydrogen (secondary N) is 1. The second kappa shape index (κ2) is 5.77. The molecule has 0 atom stereocenters. The Kier molecular flexibility index (Phi) is 3.99. The fraction of sp³-hybridized carbons (Fsp3) is 0.733. The first-order chi connectivity index (χ1) is 10.1. The summed E-state index contributed by atoms with van der Waals surface area (Å²) < 4.78 is 1.95. The number of piperazine rings is 1. The molecule has 2 aliphatic heterocycles. The van der Waals surface area contributed by atoms with E-state index < -0.39 is 0 Å². The van der Waals surface area contributed by atoms with Crippen molar-refractivity contribution in [3.05, 3.63) is 17.0 Å². The van der Waals surface area contributed by atoms with Crippen molar-refractivity contribution in [3.63, 3.8) is 0 Å². The number of amides is 1. The van der Waals surface area contributed by atoms with Gasteiger partial charge in [0, 0.05) is 64.1 Å². The molecule has 2 aliphatic rings. The summed E-state index contributed by atoms with van der Waals surface area (Å²) in [5, 5.41) is 7.65. The minimum absolute atomic E-state index is 0.222. The van der Waals surface area contributed by atoms with Gasteiger partial charge in [-0.1, -0.05) is 0 Å². The van der Waals surface area contributed by atoms with Crippen LogP contribution < -0.4 is 5.32 Å². The Balaban J connectivity index is 1.55. The van der Waals surface area contributed by atoms with E-state index in [1.54, 1.807) is 0 Å². The van der Waals surface area contributed by atoms with Crippen LogP contribution in [-0.2, 0) is 18.4 Å². The van der Waals surface area contributed by atoms with E-state index in [1.807, 2.05) is 16.6 Å². The van der Waals surface area contributed by atoms with Crippen LogP contribution in [0.3, 0.4) is 0 Å². The lowest BCUT2D eigenvalue weighted by Crippen LogP contribution is -2.56. The first kappa shape index (κ1) is 14.5. The normalized spacial score (nSPS) is 20.6. The van der Waals surface area contributed by atoms with Crippen LogP contribution in [0.25, 0.3) is 0 Å². The molecule has 3 rings (SSSR count). The SMILES string of the molecule is Cc1nn(C)c(C)c1CN1CCN(C(=O)C2CNC2)CC1. The van der Waals surface area contributed by atoms with Crippen LogP contribution in [0.1, 0.15) is 17.0 Å². The summed E-state index contributed by atoms with van der Waals surface area (Å²) in [6.07, 6.45) is 0. The molecule has 0 bridgehead atoms. The quantitative estimate of drug-likeness (QED) is 0.845. The number of hydrogen-bond acceptors (Lipinski definition) is 4. The Hall–Kier alpha value is -1.40. The van der Waals surface area contributed by atoms with Gasteiger partial charge in [0.15, 0.2) is 0 Å². The van der Waals surface area contributed by atoms with Crippen LogP contribution in [0.2, 0.25) is 0 Å². The van der Waals surface area contributed by atoms with Crippen molar-refractivity contribution < 1.29 is 4.79 Å². The molecule has 0 spiro atoms. The molecule has 1 amide bonds. The molecule has 2 saturated heterocycles. The van der Waals surface area contributed by atoms with Crippen LogP contribution in [0.15, 0.2) is 0 Å². The van der Waals surface area contributed by atoms with Gasteiger partial charge < -0.3 is 10.2 Å². The predicted octanol–water partition coefficient (Wildman–Crippen LogP) is -0.0995. The van der Waals surface area contributed by atoms with E-state index in [1.165, 1.54) is 11.3 Å². The summed E-state index contributed by atoms with van der Waals surface area (Å²) in [5.41, 5.74) is 3.70. The van der Waals surface area contributed by atoms with E-state index in [0.717, 1.165) is 51.5 Å². The Morgan fingerprint density at radius 3 is 2.38 bits per heavy atom. The second-order valence-electron chi connectivity index (χ2n) is 6.23. The first-order valence-corrected chi connectivity index (χ1v) is 7.77. The largest absolute Gasteiger partial charge is 0.340 e. The zero-order chi connectivity index (χ0) is 15.0. The fourth-order valence-electron chi connectivity index (χ4n) is 3.12. The van der Waals surface area contributed by atoms with Crippen molar-refractivity contribution in [3.8, 4) is 0 Å². The third kappa shape index (κ3) is 2.82. The highest BCUT2D eigenvalue weighted by atomic mass is 16.2. The molecule has 1 aromatic heterocycles. The van der Waals surface area contributed by atoms with Gasteiger partial charge in [0.2, 0.25) is 5.91 Å². The summed E-state index contributed by atoms with van der Waals surface area (Å²) in [4.78, 5) is 16.7. The Bertz CT molecular complexity index is 526. The summed E-state index contributed by atoms with van der Waals surface area (Å²) >= 11 is 0. The van der Waals surface area contributed by atoms with Crippen molar-refractivity contribution in [2.75, 3.05) is 39.3 Å². The fourth-order valence-corrected chi connectivity index (χ4v) is 3.12. The number of carbonyl (C=O) groups excluding carboxylic acids is 1. The molecular weight excluding hydrogens is 266 g/mol. The van der Waals surface area contributed by atoms with Crippen LogP contribution in [0.5, 0.6) is 0 Å². The molecule has 1 aromatic rings. The van der Waals surface area contributed by atoms with Gasteiger partial charge >= 0.3 is 0 Å². The highest BCUT2D eigenvalue weighted by Crippen LogP contribution is 2.17. The Labute approximate surface area is 126 Å². The zero-order valence-electron chi connectivity index (χ0n) is 13.2. The molecule has 0 aromatic carbocycles. The standard InChI is InChI=1S/C15H25N5O/c1-11-14(12(2)18(3)17-11)10-19-4-6-20(7-5-19)15(21)13-8-16-9-13/h13,16H,4-10H2,1-3H3. The average Bonchev–Trinajstić information content (AvgIpc) is 2.64. The molecule has 0 unspecified atom stereocenters. The third-order valence-corrected chi connectivity index (χ3v) is 4.86. The number of rotatable bonds is 3. The molecule has 3 heterocycles. The topological polar surface area (TPSA) is 53.4 Å². The van der Waals surface area contributed by atoms with E-state index in [2.05, 4.69) is 29.2 Å². The van der Waals surface area contributed by atoms with Crippen molar-refractivity contribution in [2.24, 2.45) is 13.0 Å². The van der Waals surface area contributed by atoms with Gasteiger partial charge in [0.05, 0.1) is 11.6 Å². The van der Waals surface area contributed by atoms with E-state index in [-0.39, 0.29) is 5.92 Å². The van der Waals surface area contributed by atoms with Gasteiger partial charge in [-0.15, -0.1) is 0 Å². The molecule has 0 aliphatic carbocycles. The number of hydrogen-bond donors (Lipinski definition) is 1. The molecule has 1 N–H and O–H groups in total. The van der Waals surface area contributed by atoms with Crippen LogP contribution in [0, 0.1) is 19.8 Å². The first-order valence-electron chi connectivity index (χ1n) is 7.77. The number of nitrogens with zero attached hydrogens (tertiary/aromatic N) is 4. The Morgan fingerprint density at radius 1 is 1.24 bits per heavy atom. The smallest absolute Gasteiger partial charge is 0.228 e. The molecule has 21 heavy (non-hydrogen) atoms. The predicted molar refractivity (Wildman–Crippen MR) is 80.9 cm³/mol. The second-order valence-corrected chi connectivity index (χ2v) is 6.23. The average molecular weight is 291 g/mol. The van der Waals surface area contributed by atoms with Crippen LogP contribution in [-0.4, -0.2) is 64.8 Å². The maximum absolute atomic E-state index is 12.2.